The average Bonchev–Trinajstić information content (AvgIpc) is 3.19. The molecule has 10 heteroatoms. The van der Waals surface area contributed by atoms with E-state index in [9.17, 15) is 14.9 Å². The molecule has 0 bridgehead atoms. The van der Waals surface area contributed by atoms with Gasteiger partial charge in [0.25, 0.3) is 11.6 Å². The van der Waals surface area contributed by atoms with Crippen molar-refractivity contribution in [1.82, 2.24) is 20.0 Å². The normalized spacial score (nSPS) is 11.4. The number of amides is 1. The molecular formula is C27H23N7O3. The highest BCUT2D eigenvalue weighted by Gasteiger charge is 2.24. The van der Waals surface area contributed by atoms with Crippen LogP contribution in [0.1, 0.15) is 27.9 Å². The first kappa shape index (κ1) is 23.6. The van der Waals surface area contributed by atoms with Crippen molar-refractivity contribution in [1.29, 1.82) is 0 Å². The monoisotopic (exact) mass is 493 g/mol. The Hall–Kier alpha value is -5.12. The molecule has 1 amide bonds. The molecule has 0 fully saturated rings. The number of anilines is 1. The Labute approximate surface area is 211 Å². The van der Waals surface area contributed by atoms with Gasteiger partial charge < -0.3 is 11.1 Å². The van der Waals surface area contributed by atoms with Crippen molar-refractivity contribution in [3.05, 3.63) is 106 Å². The van der Waals surface area contributed by atoms with Crippen molar-refractivity contribution < 1.29 is 9.72 Å². The topological polar surface area (TPSA) is 141 Å². The number of nitrogens with zero attached hydrogens (tertiary/aromatic N) is 5. The van der Waals surface area contributed by atoms with Gasteiger partial charge in [0.2, 0.25) is 0 Å². The molecule has 3 N–H and O–H groups in total. The number of fused-ring (bicyclic) bond motifs is 2. The lowest BCUT2D eigenvalue weighted by Gasteiger charge is -2.06. The van der Waals surface area contributed by atoms with Crippen LogP contribution in [-0.4, -0.2) is 38.2 Å². The third kappa shape index (κ3) is 4.98. The summed E-state index contributed by atoms with van der Waals surface area (Å²) in [6, 6.07) is 23.4. The Balaban J connectivity index is 1.48. The molecule has 37 heavy (non-hydrogen) atoms. The smallest absolute Gasteiger partial charge is 0.270 e. The van der Waals surface area contributed by atoms with E-state index in [1.807, 2.05) is 54.6 Å². The number of nitrogen functional groups attached to an aromatic ring is 1. The van der Waals surface area contributed by atoms with Gasteiger partial charge in [-0.25, -0.2) is 9.97 Å². The predicted molar refractivity (Wildman–Crippen MR) is 143 cm³/mol. The molecule has 0 spiro atoms. The third-order valence-corrected chi connectivity index (χ3v) is 5.87. The summed E-state index contributed by atoms with van der Waals surface area (Å²) in [6.07, 6.45) is 3.02. The number of carbonyl (C=O) groups is 1. The van der Waals surface area contributed by atoms with Crippen molar-refractivity contribution in [2.45, 2.75) is 12.8 Å². The first-order chi connectivity index (χ1) is 18.0. The number of nitrogens with two attached hydrogens (primary N) is 1. The van der Waals surface area contributed by atoms with Crippen molar-refractivity contribution in [2.24, 2.45) is 5.10 Å². The highest BCUT2D eigenvalue weighted by molar-refractivity contribution is 6.10. The number of hydrogen-bond donors (Lipinski definition) is 2. The van der Waals surface area contributed by atoms with Crippen LogP contribution in [0.3, 0.4) is 0 Å². The van der Waals surface area contributed by atoms with Crippen molar-refractivity contribution >= 4 is 45.8 Å². The number of carbonyl (C=O) groups excluding carboxylic acids is 1. The minimum absolute atomic E-state index is 0.0596. The Morgan fingerprint density at radius 3 is 2.51 bits per heavy atom. The first-order valence-electron chi connectivity index (χ1n) is 11.7. The number of rotatable bonds is 8. The Morgan fingerprint density at radius 1 is 1.03 bits per heavy atom. The zero-order valence-corrected chi connectivity index (χ0v) is 19.7. The van der Waals surface area contributed by atoms with Crippen LogP contribution in [0, 0.1) is 10.1 Å². The van der Waals surface area contributed by atoms with Gasteiger partial charge in [0.1, 0.15) is 16.9 Å². The molecule has 2 aromatic heterocycles. The maximum atomic E-state index is 13.2. The summed E-state index contributed by atoms with van der Waals surface area (Å²) in [7, 11) is 0. The number of non-ortho nitro benzene ring substituents is 1. The molecule has 0 saturated carbocycles. The van der Waals surface area contributed by atoms with E-state index in [2.05, 4.69) is 20.4 Å². The lowest BCUT2D eigenvalue weighted by Crippen LogP contribution is -2.25. The molecule has 0 aliphatic heterocycles. The first-order valence-corrected chi connectivity index (χ1v) is 11.7. The summed E-state index contributed by atoms with van der Waals surface area (Å²) in [5.74, 6) is -0.294. The summed E-state index contributed by atoms with van der Waals surface area (Å²) in [4.78, 5) is 33.2. The van der Waals surface area contributed by atoms with Crippen LogP contribution >= 0.6 is 0 Å². The molecule has 0 radical (unpaired) electrons. The van der Waals surface area contributed by atoms with Crippen molar-refractivity contribution in [3.63, 3.8) is 0 Å². The zero-order valence-electron chi connectivity index (χ0n) is 19.7. The van der Waals surface area contributed by atoms with E-state index in [4.69, 9.17) is 5.73 Å². The Kier molecular flexibility index (Phi) is 6.54. The average molecular weight is 494 g/mol. The van der Waals surface area contributed by atoms with Crippen LogP contribution in [0.2, 0.25) is 0 Å². The summed E-state index contributed by atoms with van der Waals surface area (Å²) in [5.41, 5.74) is 10.1. The van der Waals surface area contributed by atoms with E-state index in [0.29, 0.717) is 34.3 Å². The minimum Gasteiger partial charge on any atom is -0.383 e. The third-order valence-electron chi connectivity index (χ3n) is 5.87. The molecule has 0 aliphatic rings. The van der Waals surface area contributed by atoms with Gasteiger partial charge in [-0.2, -0.15) is 9.78 Å². The molecule has 184 valence electrons. The fourth-order valence-corrected chi connectivity index (χ4v) is 4.06. The van der Waals surface area contributed by atoms with Gasteiger partial charge in [0, 0.05) is 24.2 Å². The van der Waals surface area contributed by atoms with Gasteiger partial charge in [-0.05, 0) is 30.5 Å². The standard InChI is InChI=1S/C27H23N7O3/c28-25-23(27(35)29-15-7-11-18-8-2-1-3-9-18)24-26(32-22-14-5-4-13-21(22)31-24)33(25)30-17-19-10-6-12-20(16-19)34(36)37/h1-6,8-10,12-14,16-17H,7,11,15,28H2,(H,29,35). The summed E-state index contributed by atoms with van der Waals surface area (Å²) >= 11 is 0. The lowest BCUT2D eigenvalue weighted by molar-refractivity contribution is -0.384. The molecule has 0 atom stereocenters. The van der Waals surface area contributed by atoms with Gasteiger partial charge in [-0.1, -0.05) is 54.6 Å². The predicted octanol–water partition coefficient (Wildman–Crippen LogP) is 4.32. The number of aromatic nitrogens is 3. The highest BCUT2D eigenvalue weighted by atomic mass is 16.6. The maximum Gasteiger partial charge on any atom is 0.270 e. The van der Waals surface area contributed by atoms with Crippen LogP contribution in [0.15, 0.2) is 84.0 Å². The van der Waals surface area contributed by atoms with E-state index in [1.165, 1.54) is 28.6 Å². The van der Waals surface area contributed by atoms with E-state index >= 15 is 0 Å². The Morgan fingerprint density at radius 2 is 1.76 bits per heavy atom. The van der Waals surface area contributed by atoms with Gasteiger partial charge in [0.15, 0.2) is 5.65 Å². The molecule has 10 nitrogen and oxygen atoms in total. The van der Waals surface area contributed by atoms with Gasteiger partial charge >= 0.3 is 0 Å². The van der Waals surface area contributed by atoms with Crippen LogP contribution in [0.5, 0.6) is 0 Å². The van der Waals surface area contributed by atoms with E-state index in [1.54, 1.807) is 12.1 Å². The van der Waals surface area contributed by atoms with E-state index in [0.717, 1.165) is 12.8 Å². The molecule has 0 aliphatic carbocycles. The molecule has 3 aromatic carbocycles. The fourth-order valence-electron chi connectivity index (χ4n) is 4.06. The zero-order chi connectivity index (χ0) is 25.8. The lowest BCUT2D eigenvalue weighted by atomic mass is 10.1. The van der Waals surface area contributed by atoms with Gasteiger partial charge in [0.05, 0.1) is 22.2 Å². The van der Waals surface area contributed by atoms with E-state index < -0.39 is 4.92 Å². The van der Waals surface area contributed by atoms with Crippen LogP contribution < -0.4 is 11.1 Å². The summed E-state index contributed by atoms with van der Waals surface area (Å²) in [6.45, 7) is 0.456. The van der Waals surface area contributed by atoms with Crippen molar-refractivity contribution in [3.8, 4) is 0 Å². The van der Waals surface area contributed by atoms with E-state index in [-0.39, 0.29) is 23.0 Å². The number of aryl methyl sites for hydroxylation is 1. The van der Waals surface area contributed by atoms with Gasteiger partial charge in [-0.15, -0.1) is 0 Å². The van der Waals surface area contributed by atoms with Crippen LogP contribution in [-0.2, 0) is 6.42 Å². The summed E-state index contributed by atoms with van der Waals surface area (Å²) < 4.78 is 1.34. The highest BCUT2D eigenvalue weighted by Crippen LogP contribution is 2.28. The molecule has 2 heterocycles. The number of para-hydroxylation sites is 2. The summed E-state index contributed by atoms with van der Waals surface area (Å²) in [5, 5.41) is 18.5. The Bertz CT molecular complexity index is 1640. The number of nitro benzene ring substituents is 1. The number of benzene rings is 3. The molecule has 0 saturated heterocycles. The molecular weight excluding hydrogens is 470 g/mol. The minimum atomic E-state index is -0.478. The SMILES string of the molecule is Nc1c(C(=O)NCCCc2ccccc2)c2nc3ccccc3nc2n1N=Cc1cccc([N+](=O)[O-])c1. The van der Waals surface area contributed by atoms with Crippen molar-refractivity contribution in [2.75, 3.05) is 12.3 Å². The second kappa shape index (κ2) is 10.2. The number of nitro groups is 1. The second-order valence-electron chi connectivity index (χ2n) is 8.40. The molecule has 0 unspecified atom stereocenters. The fraction of sp³-hybridized carbons (Fsp3) is 0.111. The second-order valence-corrected chi connectivity index (χ2v) is 8.40. The molecule has 5 aromatic rings. The van der Waals surface area contributed by atoms with Crippen LogP contribution in [0.25, 0.3) is 22.2 Å². The number of hydrogen-bond acceptors (Lipinski definition) is 7. The van der Waals surface area contributed by atoms with Crippen LogP contribution in [0.4, 0.5) is 11.5 Å². The van der Waals surface area contributed by atoms with Gasteiger partial charge in [-0.3, -0.25) is 14.9 Å². The molecule has 5 rings (SSSR count). The quantitative estimate of drug-likeness (QED) is 0.143. The number of nitrogens with one attached hydrogen (secondary N) is 1. The maximum absolute atomic E-state index is 13.2. The largest absolute Gasteiger partial charge is 0.383 e.